The minimum Gasteiger partial charge on any atom is -0.390 e. The van der Waals surface area contributed by atoms with Crippen LogP contribution < -0.4 is 5.73 Å². The average Bonchev–Trinajstić information content (AvgIpc) is 2.71. The lowest BCUT2D eigenvalue weighted by atomic mass is 10.1. The summed E-state index contributed by atoms with van der Waals surface area (Å²) in [5.41, 5.74) is 6.33. The highest BCUT2D eigenvalue weighted by atomic mass is 16.5. The summed E-state index contributed by atoms with van der Waals surface area (Å²) >= 11 is 0. The third-order valence-electron chi connectivity index (χ3n) is 2.32. The van der Waals surface area contributed by atoms with Gasteiger partial charge in [0.15, 0.2) is 0 Å². The monoisotopic (exact) mass is 183 g/mol. The standard InChI is InChI=1S/C8H13N3O2/c9-2-8-6(12)1-7(13-8)5-3-10-4-11-5/h3-4,6-8,12H,1-2,9H2,(H,10,11)/t6-,7+,8+/m0/s1. The molecule has 1 aliphatic heterocycles. The molecule has 5 nitrogen and oxygen atoms in total. The minimum atomic E-state index is -0.460. The number of aliphatic hydroxyl groups is 1. The number of hydrogen-bond acceptors (Lipinski definition) is 4. The van der Waals surface area contributed by atoms with Crippen molar-refractivity contribution in [1.29, 1.82) is 0 Å². The number of aromatic nitrogens is 2. The molecule has 0 unspecified atom stereocenters. The summed E-state index contributed by atoms with van der Waals surface area (Å²) < 4.78 is 5.52. The first-order chi connectivity index (χ1) is 6.31. The van der Waals surface area contributed by atoms with Crippen molar-refractivity contribution in [2.75, 3.05) is 6.54 Å². The molecule has 2 heterocycles. The molecule has 0 bridgehead atoms. The predicted octanol–water partition coefficient (Wildman–Crippen LogP) is -0.441. The molecule has 0 aliphatic carbocycles. The minimum absolute atomic E-state index is 0.0916. The molecular formula is C8H13N3O2. The van der Waals surface area contributed by atoms with Crippen LogP contribution in [0.5, 0.6) is 0 Å². The van der Waals surface area contributed by atoms with E-state index in [0.717, 1.165) is 5.69 Å². The van der Waals surface area contributed by atoms with Crippen LogP contribution in [0.3, 0.4) is 0 Å². The fourth-order valence-electron chi connectivity index (χ4n) is 1.58. The number of hydrogen-bond donors (Lipinski definition) is 3. The number of ether oxygens (including phenoxy) is 1. The van der Waals surface area contributed by atoms with Crippen LogP contribution in [-0.4, -0.2) is 33.8 Å². The Hall–Kier alpha value is -0.910. The van der Waals surface area contributed by atoms with Crippen LogP contribution in [0, 0.1) is 0 Å². The van der Waals surface area contributed by atoms with Crippen LogP contribution in [-0.2, 0) is 4.74 Å². The highest BCUT2D eigenvalue weighted by Crippen LogP contribution is 2.31. The van der Waals surface area contributed by atoms with E-state index in [-0.39, 0.29) is 12.2 Å². The Morgan fingerprint density at radius 2 is 2.62 bits per heavy atom. The lowest BCUT2D eigenvalue weighted by molar-refractivity contribution is 0.0143. The number of nitrogens with zero attached hydrogens (tertiary/aromatic N) is 1. The van der Waals surface area contributed by atoms with Crippen LogP contribution in [0.4, 0.5) is 0 Å². The highest BCUT2D eigenvalue weighted by molar-refractivity contribution is 5.03. The van der Waals surface area contributed by atoms with Crippen molar-refractivity contribution in [3.05, 3.63) is 18.2 Å². The second-order valence-electron chi connectivity index (χ2n) is 3.21. The normalized spacial score (nSPS) is 33.8. The van der Waals surface area contributed by atoms with Gasteiger partial charge in [-0.2, -0.15) is 0 Å². The van der Waals surface area contributed by atoms with Gasteiger partial charge in [-0.25, -0.2) is 4.98 Å². The van der Waals surface area contributed by atoms with E-state index in [1.165, 1.54) is 0 Å². The van der Waals surface area contributed by atoms with Gasteiger partial charge in [-0.3, -0.25) is 0 Å². The SMILES string of the molecule is NC[C@H]1O[C@@H](c2cnc[nH]2)C[C@@H]1O. The largest absolute Gasteiger partial charge is 0.390 e. The van der Waals surface area contributed by atoms with E-state index in [1.54, 1.807) is 12.5 Å². The Morgan fingerprint density at radius 3 is 3.15 bits per heavy atom. The van der Waals surface area contributed by atoms with Crippen LogP contribution in [0.15, 0.2) is 12.5 Å². The molecule has 3 atom stereocenters. The summed E-state index contributed by atoms with van der Waals surface area (Å²) in [6, 6.07) is 0. The first-order valence-electron chi connectivity index (χ1n) is 4.33. The Morgan fingerprint density at radius 1 is 1.77 bits per heavy atom. The number of imidazole rings is 1. The van der Waals surface area contributed by atoms with E-state index in [9.17, 15) is 5.11 Å². The summed E-state index contributed by atoms with van der Waals surface area (Å²) in [6.45, 7) is 0.353. The van der Waals surface area contributed by atoms with Crippen LogP contribution in [0.2, 0.25) is 0 Å². The second kappa shape index (κ2) is 3.45. The van der Waals surface area contributed by atoms with E-state index in [1.807, 2.05) is 0 Å². The van der Waals surface area contributed by atoms with E-state index >= 15 is 0 Å². The van der Waals surface area contributed by atoms with Crippen molar-refractivity contribution in [2.45, 2.75) is 24.7 Å². The number of nitrogens with one attached hydrogen (secondary N) is 1. The highest BCUT2D eigenvalue weighted by Gasteiger charge is 2.34. The van der Waals surface area contributed by atoms with Gasteiger partial charge in [-0.1, -0.05) is 0 Å². The first-order valence-corrected chi connectivity index (χ1v) is 4.33. The molecule has 1 saturated heterocycles. The summed E-state index contributed by atoms with van der Waals surface area (Å²) in [6.07, 6.45) is 3.10. The Balaban J connectivity index is 2.05. The number of aromatic amines is 1. The Bertz CT molecular complexity index is 262. The second-order valence-corrected chi connectivity index (χ2v) is 3.21. The molecule has 0 saturated carbocycles. The number of aliphatic hydroxyl groups excluding tert-OH is 1. The van der Waals surface area contributed by atoms with Crippen molar-refractivity contribution >= 4 is 0 Å². The smallest absolute Gasteiger partial charge is 0.102 e. The van der Waals surface area contributed by atoms with Gasteiger partial charge in [-0.15, -0.1) is 0 Å². The molecule has 0 radical (unpaired) electrons. The zero-order valence-electron chi connectivity index (χ0n) is 7.18. The maximum Gasteiger partial charge on any atom is 0.102 e. The van der Waals surface area contributed by atoms with Crippen molar-refractivity contribution in [1.82, 2.24) is 9.97 Å². The fraction of sp³-hybridized carbons (Fsp3) is 0.625. The zero-order valence-corrected chi connectivity index (χ0v) is 7.18. The van der Waals surface area contributed by atoms with Gasteiger partial charge in [-0.05, 0) is 0 Å². The Kier molecular flexibility index (Phi) is 2.30. The summed E-state index contributed by atoms with van der Waals surface area (Å²) in [5, 5.41) is 9.52. The third kappa shape index (κ3) is 1.58. The van der Waals surface area contributed by atoms with Crippen LogP contribution >= 0.6 is 0 Å². The zero-order chi connectivity index (χ0) is 9.26. The maximum atomic E-state index is 9.52. The topological polar surface area (TPSA) is 84.2 Å². The molecule has 13 heavy (non-hydrogen) atoms. The third-order valence-corrected chi connectivity index (χ3v) is 2.32. The molecule has 72 valence electrons. The fourth-order valence-corrected chi connectivity index (χ4v) is 1.58. The molecule has 2 rings (SSSR count). The van der Waals surface area contributed by atoms with Gasteiger partial charge in [0.05, 0.1) is 30.4 Å². The molecule has 1 aromatic heterocycles. The van der Waals surface area contributed by atoms with E-state index in [2.05, 4.69) is 9.97 Å². The van der Waals surface area contributed by atoms with Gasteiger partial charge >= 0.3 is 0 Å². The maximum absolute atomic E-state index is 9.52. The molecule has 0 amide bonds. The number of rotatable bonds is 2. The van der Waals surface area contributed by atoms with Gasteiger partial charge in [0.2, 0.25) is 0 Å². The van der Waals surface area contributed by atoms with Gasteiger partial charge in [0.1, 0.15) is 6.10 Å². The van der Waals surface area contributed by atoms with E-state index in [0.29, 0.717) is 13.0 Å². The van der Waals surface area contributed by atoms with E-state index < -0.39 is 6.10 Å². The van der Waals surface area contributed by atoms with Gasteiger partial charge in [0, 0.05) is 13.0 Å². The molecule has 0 aromatic carbocycles. The quantitative estimate of drug-likeness (QED) is 0.580. The average molecular weight is 183 g/mol. The van der Waals surface area contributed by atoms with Crippen molar-refractivity contribution in [3.8, 4) is 0 Å². The van der Waals surface area contributed by atoms with E-state index in [4.69, 9.17) is 10.5 Å². The lowest BCUT2D eigenvalue weighted by Crippen LogP contribution is -2.29. The summed E-state index contributed by atoms with van der Waals surface area (Å²) in [4.78, 5) is 6.85. The molecule has 1 aromatic rings. The van der Waals surface area contributed by atoms with Crippen molar-refractivity contribution < 1.29 is 9.84 Å². The molecular weight excluding hydrogens is 170 g/mol. The summed E-state index contributed by atoms with van der Waals surface area (Å²) in [7, 11) is 0. The molecule has 5 heteroatoms. The Labute approximate surface area is 75.9 Å². The van der Waals surface area contributed by atoms with Gasteiger partial charge in [0.25, 0.3) is 0 Å². The molecule has 1 aliphatic rings. The van der Waals surface area contributed by atoms with Gasteiger partial charge < -0.3 is 20.6 Å². The molecule has 1 fully saturated rings. The number of H-pyrrole nitrogens is 1. The lowest BCUT2D eigenvalue weighted by Gasteiger charge is -2.10. The summed E-state index contributed by atoms with van der Waals surface area (Å²) in [5.74, 6) is 0. The van der Waals surface area contributed by atoms with Crippen LogP contribution in [0.25, 0.3) is 0 Å². The number of nitrogens with two attached hydrogens (primary N) is 1. The van der Waals surface area contributed by atoms with Crippen LogP contribution in [0.1, 0.15) is 18.2 Å². The molecule has 0 spiro atoms. The predicted molar refractivity (Wildman–Crippen MR) is 45.9 cm³/mol. The molecule has 4 N–H and O–H groups in total. The first kappa shape index (κ1) is 8.68. The van der Waals surface area contributed by atoms with Crippen molar-refractivity contribution in [3.63, 3.8) is 0 Å². The van der Waals surface area contributed by atoms with Crippen molar-refractivity contribution in [2.24, 2.45) is 5.73 Å².